The largest absolute Gasteiger partial charge is 0.273 e. The van der Waals surface area contributed by atoms with E-state index in [-0.39, 0.29) is 24.0 Å². The maximum Gasteiger partial charge on any atom is 0.248 e. The van der Waals surface area contributed by atoms with E-state index in [9.17, 15) is 9.59 Å². The number of nitrogens with zero attached hydrogens (tertiary/aromatic N) is 2. The van der Waals surface area contributed by atoms with Gasteiger partial charge in [-0.3, -0.25) is 25.1 Å². The van der Waals surface area contributed by atoms with Crippen LogP contribution in [0, 0.1) is 19.8 Å². The molecule has 2 N–H and O–H groups in total. The van der Waals surface area contributed by atoms with Crippen molar-refractivity contribution in [2.45, 2.75) is 45.6 Å². The summed E-state index contributed by atoms with van der Waals surface area (Å²) in [6, 6.07) is 7.24. The average Bonchev–Trinajstić information content (AvgIpc) is 2.86. The Morgan fingerprint density at radius 1 is 1.15 bits per heavy atom. The van der Waals surface area contributed by atoms with Crippen molar-refractivity contribution < 1.29 is 9.59 Å². The fraction of sp³-hybridized carbons (Fsp3) is 0.421. The zero-order valence-corrected chi connectivity index (χ0v) is 17.6. The number of aryl methyl sites for hydroxylation is 1. The van der Waals surface area contributed by atoms with Gasteiger partial charge in [0.2, 0.25) is 11.8 Å². The van der Waals surface area contributed by atoms with Gasteiger partial charge in [-0.05, 0) is 44.0 Å². The first-order chi connectivity index (χ1) is 12.8. The lowest BCUT2D eigenvalue weighted by molar-refractivity contribution is -0.127. The standard InChI is InChI=1S/C19H25ClN4O2S/c1-12(2)10-24-14(4)17(13(3)23-24)9-18(25)21-22-19(26)11-27-16-7-5-15(20)6-8-16/h5-8,12H,9-11H2,1-4H3,(H,21,25)(H,22,26). The summed E-state index contributed by atoms with van der Waals surface area (Å²) in [4.78, 5) is 25.0. The highest BCUT2D eigenvalue weighted by Gasteiger charge is 2.16. The summed E-state index contributed by atoms with van der Waals surface area (Å²) in [6.45, 7) is 8.92. The number of thioether (sulfide) groups is 1. The lowest BCUT2D eigenvalue weighted by Gasteiger charge is -2.09. The van der Waals surface area contributed by atoms with Gasteiger partial charge in [0.05, 0.1) is 17.9 Å². The Kier molecular flexibility index (Phi) is 7.74. The molecule has 0 saturated heterocycles. The van der Waals surface area contributed by atoms with Crippen LogP contribution in [0.3, 0.4) is 0 Å². The van der Waals surface area contributed by atoms with E-state index in [0.29, 0.717) is 10.9 Å². The van der Waals surface area contributed by atoms with Gasteiger partial charge in [0.1, 0.15) is 0 Å². The second-order valence-corrected chi connectivity index (χ2v) is 8.23. The van der Waals surface area contributed by atoms with Gasteiger partial charge in [-0.15, -0.1) is 11.8 Å². The van der Waals surface area contributed by atoms with E-state index in [4.69, 9.17) is 11.6 Å². The zero-order chi connectivity index (χ0) is 20.0. The Bertz CT molecular complexity index is 803. The molecule has 0 bridgehead atoms. The van der Waals surface area contributed by atoms with Crippen LogP contribution in [-0.2, 0) is 22.6 Å². The van der Waals surface area contributed by atoms with Crippen molar-refractivity contribution >= 4 is 35.2 Å². The Hall–Kier alpha value is -1.99. The monoisotopic (exact) mass is 408 g/mol. The molecule has 1 aromatic carbocycles. The van der Waals surface area contributed by atoms with Crippen LogP contribution in [0.5, 0.6) is 0 Å². The molecule has 2 rings (SSSR count). The third kappa shape index (κ3) is 6.59. The molecule has 0 radical (unpaired) electrons. The lowest BCUT2D eigenvalue weighted by atomic mass is 10.1. The molecule has 0 saturated carbocycles. The SMILES string of the molecule is Cc1nn(CC(C)C)c(C)c1CC(=O)NNC(=O)CSc1ccc(Cl)cc1. The minimum absolute atomic E-state index is 0.181. The number of aromatic nitrogens is 2. The molecule has 0 fully saturated rings. The molecule has 0 aliphatic rings. The maximum atomic E-state index is 12.2. The molecule has 0 spiro atoms. The average molecular weight is 409 g/mol. The first-order valence-electron chi connectivity index (χ1n) is 8.75. The van der Waals surface area contributed by atoms with Crippen molar-refractivity contribution in [1.29, 1.82) is 0 Å². The number of amides is 2. The van der Waals surface area contributed by atoms with Crippen LogP contribution in [0.25, 0.3) is 0 Å². The number of hydrogen-bond acceptors (Lipinski definition) is 4. The minimum atomic E-state index is -0.271. The molecule has 0 aliphatic heterocycles. The predicted molar refractivity (Wildman–Crippen MR) is 109 cm³/mol. The summed E-state index contributed by atoms with van der Waals surface area (Å²) < 4.78 is 1.93. The van der Waals surface area contributed by atoms with Gasteiger partial charge in [0.25, 0.3) is 0 Å². The Balaban J connectivity index is 1.81. The summed E-state index contributed by atoms with van der Waals surface area (Å²) in [5.74, 6) is 0.135. The van der Waals surface area contributed by atoms with Crippen molar-refractivity contribution in [2.24, 2.45) is 5.92 Å². The van der Waals surface area contributed by atoms with Crippen molar-refractivity contribution in [2.75, 3.05) is 5.75 Å². The Morgan fingerprint density at radius 3 is 2.41 bits per heavy atom. The van der Waals surface area contributed by atoms with Crippen molar-refractivity contribution in [3.63, 3.8) is 0 Å². The smallest absolute Gasteiger partial charge is 0.248 e. The molecule has 0 aliphatic carbocycles. The fourth-order valence-corrected chi connectivity index (χ4v) is 3.40. The molecular formula is C19H25ClN4O2S. The normalized spacial score (nSPS) is 10.9. The van der Waals surface area contributed by atoms with Crippen LogP contribution in [0.15, 0.2) is 29.2 Å². The van der Waals surface area contributed by atoms with Gasteiger partial charge >= 0.3 is 0 Å². The van der Waals surface area contributed by atoms with E-state index >= 15 is 0 Å². The number of rotatable bonds is 7. The molecule has 0 unspecified atom stereocenters. The van der Waals surface area contributed by atoms with E-state index in [0.717, 1.165) is 28.4 Å². The van der Waals surface area contributed by atoms with Gasteiger partial charge in [-0.25, -0.2) is 0 Å². The lowest BCUT2D eigenvalue weighted by Crippen LogP contribution is -2.43. The highest BCUT2D eigenvalue weighted by atomic mass is 35.5. The van der Waals surface area contributed by atoms with E-state index in [1.54, 1.807) is 12.1 Å². The van der Waals surface area contributed by atoms with Crippen molar-refractivity contribution in [3.05, 3.63) is 46.2 Å². The van der Waals surface area contributed by atoms with Crippen LogP contribution in [-0.4, -0.2) is 27.3 Å². The molecule has 1 heterocycles. The quantitative estimate of drug-likeness (QED) is 0.544. The molecular weight excluding hydrogens is 384 g/mol. The summed E-state index contributed by atoms with van der Waals surface area (Å²) in [7, 11) is 0. The number of hydrogen-bond donors (Lipinski definition) is 2. The molecule has 27 heavy (non-hydrogen) atoms. The van der Waals surface area contributed by atoms with Crippen LogP contribution >= 0.6 is 23.4 Å². The maximum absolute atomic E-state index is 12.2. The first kappa shape index (κ1) is 21.3. The van der Waals surface area contributed by atoms with Crippen molar-refractivity contribution in [1.82, 2.24) is 20.6 Å². The minimum Gasteiger partial charge on any atom is -0.273 e. The number of carbonyl (C=O) groups excluding carboxylic acids is 2. The highest BCUT2D eigenvalue weighted by Crippen LogP contribution is 2.20. The summed E-state index contributed by atoms with van der Waals surface area (Å²) in [5.41, 5.74) is 7.65. The van der Waals surface area contributed by atoms with E-state index in [1.165, 1.54) is 11.8 Å². The topological polar surface area (TPSA) is 76.0 Å². The van der Waals surface area contributed by atoms with Gasteiger partial charge in [-0.2, -0.15) is 5.10 Å². The molecule has 8 heteroatoms. The van der Waals surface area contributed by atoms with Gasteiger partial charge in [0.15, 0.2) is 0 Å². The number of hydrazine groups is 1. The Morgan fingerprint density at radius 2 is 1.78 bits per heavy atom. The third-order valence-electron chi connectivity index (χ3n) is 3.93. The third-order valence-corrected chi connectivity index (χ3v) is 5.20. The van der Waals surface area contributed by atoms with Crippen LogP contribution in [0.4, 0.5) is 0 Å². The highest BCUT2D eigenvalue weighted by molar-refractivity contribution is 8.00. The van der Waals surface area contributed by atoms with Crippen molar-refractivity contribution in [3.8, 4) is 0 Å². The summed E-state index contributed by atoms with van der Waals surface area (Å²) in [5, 5.41) is 5.16. The number of halogens is 1. The summed E-state index contributed by atoms with van der Waals surface area (Å²) in [6.07, 6.45) is 0.181. The first-order valence-corrected chi connectivity index (χ1v) is 10.1. The van der Waals surface area contributed by atoms with Gasteiger partial charge in [0, 0.05) is 27.7 Å². The molecule has 2 aromatic rings. The fourth-order valence-electron chi connectivity index (χ4n) is 2.57. The molecule has 2 amide bonds. The van der Waals surface area contributed by atoms with Crippen LogP contribution < -0.4 is 10.9 Å². The second-order valence-electron chi connectivity index (χ2n) is 6.74. The molecule has 1 aromatic heterocycles. The van der Waals surface area contributed by atoms with Gasteiger partial charge in [-0.1, -0.05) is 25.4 Å². The number of benzene rings is 1. The molecule has 6 nitrogen and oxygen atoms in total. The summed E-state index contributed by atoms with van der Waals surface area (Å²) >= 11 is 7.20. The predicted octanol–water partition coefficient (Wildman–Crippen LogP) is 3.29. The van der Waals surface area contributed by atoms with E-state index in [2.05, 4.69) is 29.8 Å². The number of carbonyl (C=O) groups is 2. The Labute approximate surface area is 169 Å². The van der Waals surface area contributed by atoms with Crippen LogP contribution in [0.1, 0.15) is 30.8 Å². The zero-order valence-electron chi connectivity index (χ0n) is 16.0. The number of nitrogens with one attached hydrogen (secondary N) is 2. The van der Waals surface area contributed by atoms with Gasteiger partial charge < -0.3 is 0 Å². The van der Waals surface area contributed by atoms with Crippen LogP contribution in [0.2, 0.25) is 5.02 Å². The molecule has 0 atom stereocenters. The molecule has 146 valence electrons. The van der Waals surface area contributed by atoms with E-state index in [1.807, 2.05) is 30.7 Å². The second kappa shape index (κ2) is 9.80. The van der Waals surface area contributed by atoms with E-state index < -0.39 is 0 Å².